The Balaban J connectivity index is 2.11. The Hall–Kier alpha value is -2.49. The summed E-state index contributed by atoms with van der Waals surface area (Å²) in [5.74, 6) is -0.931. The number of benzene rings is 2. The van der Waals surface area contributed by atoms with E-state index in [2.05, 4.69) is 17.0 Å². The smallest absolute Gasteiger partial charge is 0.335 e. The molecule has 0 saturated heterocycles. The number of nitrogens with two attached hydrogens (primary N) is 1. The van der Waals surface area contributed by atoms with E-state index in [9.17, 15) is 9.90 Å². The molecule has 0 fully saturated rings. The Bertz CT molecular complexity index is 682. The van der Waals surface area contributed by atoms with Crippen LogP contribution < -0.4 is 10.6 Å². The van der Waals surface area contributed by atoms with Gasteiger partial charge in [-0.3, -0.25) is 0 Å². The Kier molecular flexibility index (Phi) is 3.52. The summed E-state index contributed by atoms with van der Waals surface area (Å²) < 4.78 is 0. The van der Waals surface area contributed by atoms with Gasteiger partial charge < -0.3 is 15.7 Å². The lowest BCUT2D eigenvalue weighted by Gasteiger charge is -2.26. The third-order valence-corrected chi connectivity index (χ3v) is 3.93. The average Bonchev–Trinajstić information content (AvgIpc) is 2.70. The summed E-state index contributed by atoms with van der Waals surface area (Å²) in [6.07, 6.45) is 3.24. The predicted octanol–water partition coefficient (Wildman–Crippen LogP) is 3.44. The van der Waals surface area contributed by atoms with Crippen LogP contribution in [0.2, 0.25) is 0 Å². The minimum Gasteiger partial charge on any atom is -0.478 e. The number of anilines is 3. The summed E-state index contributed by atoms with van der Waals surface area (Å²) in [6, 6.07) is 13.1. The number of carboxylic acid groups (broad SMARTS) is 1. The van der Waals surface area contributed by atoms with Crippen LogP contribution in [0.1, 0.15) is 28.8 Å². The van der Waals surface area contributed by atoms with E-state index in [-0.39, 0.29) is 5.56 Å². The number of rotatable bonds is 2. The summed E-state index contributed by atoms with van der Waals surface area (Å²) in [6.45, 7) is 0.851. The fourth-order valence-corrected chi connectivity index (χ4v) is 2.85. The summed E-state index contributed by atoms with van der Waals surface area (Å²) in [5.41, 5.74) is 10.2. The molecule has 0 spiro atoms. The Labute approximate surface area is 123 Å². The fourth-order valence-electron chi connectivity index (χ4n) is 2.85. The van der Waals surface area contributed by atoms with Crippen molar-refractivity contribution in [3.8, 4) is 0 Å². The van der Waals surface area contributed by atoms with Crippen molar-refractivity contribution in [2.75, 3.05) is 17.2 Å². The molecule has 4 nitrogen and oxygen atoms in total. The maximum atomic E-state index is 11.2. The van der Waals surface area contributed by atoms with Gasteiger partial charge in [0.05, 0.1) is 16.9 Å². The molecule has 1 heterocycles. The maximum Gasteiger partial charge on any atom is 0.335 e. The van der Waals surface area contributed by atoms with Gasteiger partial charge in [0.1, 0.15) is 0 Å². The molecule has 108 valence electrons. The summed E-state index contributed by atoms with van der Waals surface area (Å²) in [4.78, 5) is 13.3. The lowest BCUT2D eigenvalue weighted by Crippen LogP contribution is -2.19. The quantitative estimate of drug-likeness (QED) is 0.828. The predicted molar refractivity (Wildman–Crippen MR) is 84.2 cm³/mol. The summed E-state index contributed by atoms with van der Waals surface area (Å²) in [5, 5.41) is 9.19. The van der Waals surface area contributed by atoms with E-state index in [4.69, 9.17) is 5.73 Å². The van der Waals surface area contributed by atoms with Gasteiger partial charge >= 0.3 is 5.97 Å². The van der Waals surface area contributed by atoms with Gasteiger partial charge in [0.2, 0.25) is 0 Å². The number of carboxylic acids is 1. The van der Waals surface area contributed by atoms with E-state index in [0.717, 1.165) is 37.2 Å². The molecule has 2 aromatic carbocycles. The second kappa shape index (κ2) is 5.48. The number of para-hydroxylation sites is 1. The van der Waals surface area contributed by atoms with Gasteiger partial charge in [-0.15, -0.1) is 0 Å². The second-order valence-electron chi connectivity index (χ2n) is 5.32. The van der Waals surface area contributed by atoms with Crippen molar-refractivity contribution < 1.29 is 9.90 Å². The Morgan fingerprint density at radius 1 is 1.10 bits per heavy atom. The number of aryl methyl sites for hydroxylation is 1. The highest BCUT2D eigenvalue weighted by Crippen LogP contribution is 2.36. The van der Waals surface area contributed by atoms with Crippen molar-refractivity contribution in [2.45, 2.75) is 19.3 Å². The minimum atomic E-state index is -0.931. The number of hydrogen-bond donors (Lipinski definition) is 2. The summed E-state index contributed by atoms with van der Waals surface area (Å²) in [7, 11) is 0. The number of fused-ring (bicyclic) bond motifs is 1. The van der Waals surface area contributed by atoms with Crippen LogP contribution in [-0.4, -0.2) is 17.6 Å². The molecular formula is C17H18N2O2. The molecule has 21 heavy (non-hydrogen) atoms. The van der Waals surface area contributed by atoms with E-state index in [1.807, 2.05) is 12.1 Å². The molecular weight excluding hydrogens is 264 g/mol. The number of nitrogen functional groups attached to an aromatic ring is 1. The average molecular weight is 282 g/mol. The van der Waals surface area contributed by atoms with Crippen molar-refractivity contribution in [3.05, 3.63) is 53.6 Å². The van der Waals surface area contributed by atoms with E-state index >= 15 is 0 Å². The van der Waals surface area contributed by atoms with Crippen molar-refractivity contribution in [1.82, 2.24) is 0 Å². The first-order valence-electron chi connectivity index (χ1n) is 7.15. The molecule has 3 N–H and O–H groups in total. The number of nitrogens with zero attached hydrogens (tertiary/aromatic N) is 1. The molecule has 1 aliphatic heterocycles. The Morgan fingerprint density at radius 3 is 2.71 bits per heavy atom. The first-order chi connectivity index (χ1) is 10.2. The molecule has 0 amide bonds. The van der Waals surface area contributed by atoms with Crippen LogP contribution in [-0.2, 0) is 6.42 Å². The molecule has 0 radical (unpaired) electrons. The lowest BCUT2D eigenvalue weighted by atomic mass is 10.1. The highest BCUT2D eigenvalue weighted by molar-refractivity contribution is 5.91. The van der Waals surface area contributed by atoms with Gasteiger partial charge in [-0.05, 0) is 49.1 Å². The minimum absolute atomic E-state index is 0.265. The number of hydrogen-bond acceptors (Lipinski definition) is 3. The monoisotopic (exact) mass is 282 g/mol. The van der Waals surface area contributed by atoms with Crippen LogP contribution in [0.15, 0.2) is 42.5 Å². The normalized spacial score (nSPS) is 14.4. The van der Waals surface area contributed by atoms with Crippen LogP contribution in [0, 0.1) is 0 Å². The zero-order valence-corrected chi connectivity index (χ0v) is 11.7. The molecule has 0 unspecified atom stereocenters. The van der Waals surface area contributed by atoms with Crippen molar-refractivity contribution in [2.24, 2.45) is 0 Å². The van der Waals surface area contributed by atoms with Crippen molar-refractivity contribution in [3.63, 3.8) is 0 Å². The van der Waals surface area contributed by atoms with Crippen LogP contribution in [0.4, 0.5) is 17.1 Å². The Morgan fingerprint density at radius 2 is 1.90 bits per heavy atom. The van der Waals surface area contributed by atoms with Gasteiger partial charge in [0.15, 0.2) is 0 Å². The number of aromatic carboxylic acids is 1. The molecule has 2 aromatic rings. The molecule has 0 bridgehead atoms. The maximum absolute atomic E-state index is 11.2. The topological polar surface area (TPSA) is 66.6 Å². The molecule has 1 aliphatic rings. The van der Waals surface area contributed by atoms with Gasteiger partial charge in [-0.25, -0.2) is 4.79 Å². The van der Waals surface area contributed by atoms with Gasteiger partial charge in [-0.2, -0.15) is 0 Å². The van der Waals surface area contributed by atoms with Gasteiger partial charge in [0, 0.05) is 12.2 Å². The fraction of sp³-hybridized carbons (Fsp3) is 0.235. The standard InChI is InChI=1S/C17H18N2O2/c18-14-9-8-13(17(20)21)11-16(14)19-10-4-3-6-12-5-1-2-7-15(12)19/h1-2,5,7-9,11H,3-4,6,10,18H2,(H,20,21). The third kappa shape index (κ3) is 2.57. The van der Waals surface area contributed by atoms with Crippen LogP contribution in [0.25, 0.3) is 0 Å². The highest BCUT2D eigenvalue weighted by Gasteiger charge is 2.19. The van der Waals surface area contributed by atoms with Gasteiger partial charge in [-0.1, -0.05) is 18.2 Å². The van der Waals surface area contributed by atoms with Crippen LogP contribution in [0.5, 0.6) is 0 Å². The zero-order chi connectivity index (χ0) is 14.8. The van der Waals surface area contributed by atoms with Crippen LogP contribution in [0.3, 0.4) is 0 Å². The third-order valence-electron chi connectivity index (χ3n) is 3.93. The first kappa shape index (κ1) is 13.5. The zero-order valence-electron chi connectivity index (χ0n) is 11.7. The van der Waals surface area contributed by atoms with Crippen LogP contribution >= 0.6 is 0 Å². The highest BCUT2D eigenvalue weighted by atomic mass is 16.4. The molecule has 0 saturated carbocycles. The van der Waals surface area contributed by atoms with Gasteiger partial charge in [0.25, 0.3) is 0 Å². The van der Waals surface area contributed by atoms with Crippen molar-refractivity contribution >= 4 is 23.0 Å². The van der Waals surface area contributed by atoms with E-state index in [0.29, 0.717) is 5.69 Å². The van der Waals surface area contributed by atoms with E-state index in [1.54, 1.807) is 18.2 Å². The lowest BCUT2D eigenvalue weighted by molar-refractivity contribution is 0.0697. The number of carbonyl (C=O) groups is 1. The first-order valence-corrected chi connectivity index (χ1v) is 7.15. The summed E-state index contributed by atoms with van der Waals surface area (Å²) >= 11 is 0. The molecule has 3 rings (SSSR count). The SMILES string of the molecule is Nc1ccc(C(=O)O)cc1N1CCCCc2ccccc21. The molecule has 0 atom stereocenters. The van der Waals surface area contributed by atoms with E-state index < -0.39 is 5.97 Å². The molecule has 4 heteroatoms. The van der Waals surface area contributed by atoms with E-state index in [1.165, 1.54) is 5.56 Å². The second-order valence-corrected chi connectivity index (χ2v) is 5.32. The molecule has 0 aliphatic carbocycles. The largest absolute Gasteiger partial charge is 0.478 e. The van der Waals surface area contributed by atoms with Crippen molar-refractivity contribution in [1.29, 1.82) is 0 Å². The molecule has 0 aromatic heterocycles.